The second kappa shape index (κ2) is 7.20. The number of halogens is 1. The molecule has 0 fully saturated rings. The fourth-order valence-corrected chi connectivity index (χ4v) is 3.82. The predicted octanol–water partition coefficient (Wildman–Crippen LogP) is 2.15. The van der Waals surface area contributed by atoms with E-state index in [-0.39, 0.29) is 28.7 Å². The SMILES string of the molecule is CCC(C)N(CCOC)S(=O)(=O)c1cc(C)c(F)c(N)c1. The van der Waals surface area contributed by atoms with Crippen molar-refractivity contribution >= 4 is 15.7 Å². The van der Waals surface area contributed by atoms with E-state index in [1.54, 1.807) is 0 Å². The summed E-state index contributed by atoms with van der Waals surface area (Å²) in [6.45, 7) is 5.76. The minimum atomic E-state index is -3.74. The van der Waals surface area contributed by atoms with Crippen molar-refractivity contribution in [3.05, 3.63) is 23.5 Å². The Bertz CT molecular complexity index is 567. The Morgan fingerprint density at radius 1 is 1.43 bits per heavy atom. The Morgan fingerprint density at radius 3 is 2.52 bits per heavy atom. The number of methoxy groups -OCH3 is 1. The monoisotopic (exact) mass is 318 g/mol. The molecule has 0 saturated heterocycles. The summed E-state index contributed by atoms with van der Waals surface area (Å²) in [4.78, 5) is 0.00954. The van der Waals surface area contributed by atoms with Crippen LogP contribution < -0.4 is 5.73 Å². The van der Waals surface area contributed by atoms with Gasteiger partial charge in [-0.3, -0.25) is 0 Å². The highest BCUT2D eigenvalue weighted by molar-refractivity contribution is 7.89. The highest BCUT2D eigenvalue weighted by Gasteiger charge is 2.29. The van der Waals surface area contributed by atoms with Gasteiger partial charge in [0.05, 0.1) is 17.2 Å². The molecule has 0 radical (unpaired) electrons. The number of benzene rings is 1. The molecule has 1 atom stereocenters. The van der Waals surface area contributed by atoms with Crippen LogP contribution in [0.1, 0.15) is 25.8 Å². The minimum absolute atomic E-state index is 0.00954. The van der Waals surface area contributed by atoms with Gasteiger partial charge < -0.3 is 10.5 Å². The molecule has 1 unspecified atom stereocenters. The highest BCUT2D eigenvalue weighted by atomic mass is 32.2. The second-order valence-corrected chi connectivity index (χ2v) is 6.90. The third kappa shape index (κ3) is 3.93. The van der Waals surface area contributed by atoms with Crippen molar-refractivity contribution in [3.8, 4) is 0 Å². The van der Waals surface area contributed by atoms with E-state index < -0.39 is 15.8 Å². The Kier molecular flexibility index (Phi) is 6.12. The molecule has 0 aliphatic heterocycles. The molecule has 0 aliphatic carbocycles. The lowest BCUT2D eigenvalue weighted by Gasteiger charge is -2.27. The van der Waals surface area contributed by atoms with Gasteiger partial charge in [-0.2, -0.15) is 4.31 Å². The van der Waals surface area contributed by atoms with Crippen LogP contribution in [0.4, 0.5) is 10.1 Å². The van der Waals surface area contributed by atoms with Crippen molar-refractivity contribution in [1.82, 2.24) is 4.31 Å². The average molecular weight is 318 g/mol. The zero-order valence-corrected chi connectivity index (χ0v) is 13.7. The first-order valence-electron chi connectivity index (χ1n) is 6.82. The lowest BCUT2D eigenvalue weighted by molar-refractivity contribution is 0.167. The lowest BCUT2D eigenvalue weighted by atomic mass is 10.2. The number of nitrogens with zero attached hydrogens (tertiary/aromatic N) is 1. The molecular formula is C14H23FN2O3S. The predicted molar refractivity (Wildman–Crippen MR) is 81.1 cm³/mol. The first-order valence-corrected chi connectivity index (χ1v) is 8.26. The third-order valence-corrected chi connectivity index (χ3v) is 5.45. The van der Waals surface area contributed by atoms with E-state index in [2.05, 4.69) is 0 Å². The number of rotatable bonds is 7. The van der Waals surface area contributed by atoms with Crippen LogP contribution in [-0.4, -0.2) is 39.0 Å². The van der Waals surface area contributed by atoms with E-state index in [1.807, 2.05) is 13.8 Å². The number of nitrogen functional groups attached to an aromatic ring is 1. The highest BCUT2D eigenvalue weighted by Crippen LogP contribution is 2.25. The van der Waals surface area contributed by atoms with Crippen molar-refractivity contribution in [2.24, 2.45) is 0 Å². The number of ether oxygens (including phenoxy) is 1. The van der Waals surface area contributed by atoms with Gasteiger partial charge in [-0.1, -0.05) is 6.92 Å². The van der Waals surface area contributed by atoms with Gasteiger partial charge in [0.1, 0.15) is 5.82 Å². The summed E-state index contributed by atoms with van der Waals surface area (Å²) in [5, 5.41) is 0. The fraction of sp³-hybridized carbons (Fsp3) is 0.571. The topological polar surface area (TPSA) is 72.6 Å². The zero-order valence-electron chi connectivity index (χ0n) is 12.9. The first kappa shape index (κ1) is 17.9. The Labute approximate surface area is 125 Å². The molecular weight excluding hydrogens is 295 g/mol. The lowest BCUT2D eigenvalue weighted by Crippen LogP contribution is -2.40. The molecule has 0 spiro atoms. The molecule has 0 aliphatic rings. The molecule has 21 heavy (non-hydrogen) atoms. The number of anilines is 1. The van der Waals surface area contributed by atoms with Crippen molar-refractivity contribution in [2.75, 3.05) is 26.0 Å². The number of hydrogen-bond donors (Lipinski definition) is 1. The number of nitrogens with two attached hydrogens (primary N) is 1. The summed E-state index contributed by atoms with van der Waals surface area (Å²) in [5.41, 5.74) is 5.59. The van der Waals surface area contributed by atoms with Crippen LogP contribution in [0, 0.1) is 12.7 Å². The van der Waals surface area contributed by atoms with Crippen LogP contribution in [0.3, 0.4) is 0 Å². The molecule has 0 heterocycles. The first-order chi connectivity index (χ1) is 9.75. The van der Waals surface area contributed by atoms with E-state index in [0.717, 1.165) is 0 Å². The minimum Gasteiger partial charge on any atom is -0.396 e. The maximum atomic E-state index is 13.6. The van der Waals surface area contributed by atoms with Crippen LogP contribution in [0.15, 0.2) is 17.0 Å². The molecule has 0 aromatic heterocycles. The summed E-state index contributed by atoms with van der Waals surface area (Å²) >= 11 is 0. The second-order valence-electron chi connectivity index (χ2n) is 5.01. The van der Waals surface area contributed by atoms with Gasteiger partial charge in [0.15, 0.2) is 0 Å². The van der Waals surface area contributed by atoms with Crippen molar-refractivity contribution in [2.45, 2.75) is 38.1 Å². The van der Waals surface area contributed by atoms with E-state index in [4.69, 9.17) is 10.5 Å². The standard InChI is InChI=1S/C14H23FN2O3S/c1-5-11(3)17(6-7-20-4)21(18,19)12-8-10(2)14(15)13(16)9-12/h8-9,11H,5-7,16H2,1-4H3. The number of aryl methyl sites for hydroxylation is 1. The van der Waals surface area contributed by atoms with Gasteiger partial charge in [-0.15, -0.1) is 0 Å². The summed E-state index contributed by atoms with van der Waals surface area (Å²) in [6.07, 6.45) is 0.665. The maximum Gasteiger partial charge on any atom is 0.243 e. The van der Waals surface area contributed by atoms with Crippen LogP contribution in [0.25, 0.3) is 0 Å². The van der Waals surface area contributed by atoms with Gasteiger partial charge >= 0.3 is 0 Å². The molecule has 1 rings (SSSR count). The molecule has 1 aromatic rings. The fourth-order valence-electron chi connectivity index (χ4n) is 2.01. The average Bonchev–Trinajstić information content (AvgIpc) is 2.43. The van der Waals surface area contributed by atoms with Gasteiger partial charge in [0.2, 0.25) is 10.0 Å². The number of hydrogen-bond acceptors (Lipinski definition) is 4. The molecule has 5 nitrogen and oxygen atoms in total. The molecule has 0 saturated carbocycles. The summed E-state index contributed by atoms with van der Waals surface area (Å²) in [5.74, 6) is -0.582. The van der Waals surface area contributed by atoms with Crippen molar-refractivity contribution in [1.29, 1.82) is 0 Å². The molecule has 2 N–H and O–H groups in total. The molecule has 7 heteroatoms. The zero-order chi connectivity index (χ0) is 16.2. The normalized spacial score (nSPS) is 13.6. The van der Waals surface area contributed by atoms with Crippen LogP contribution >= 0.6 is 0 Å². The maximum absolute atomic E-state index is 13.6. The van der Waals surface area contributed by atoms with Gasteiger partial charge in [-0.25, -0.2) is 12.8 Å². The molecule has 120 valence electrons. The Balaban J connectivity index is 3.28. The molecule has 1 aromatic carbocycles. The number of sulfonamides is 1. The van der Waals surface area contributed by atoms with Gasteiger partial charge in [0, 0.05) is 19.7 Å². The Hall–Kier alpha value is -1.18. The largest absolute Gasteiger partial charge is 0.396 e. The van der Waals surface area contributed by atoms with Crippen LogP contribution in [0.2, 0.25) is 0 Å². The Morgan fingerprint density at radius 2 is 2.05 bits per heavy atom. The summed E-state index contributed by atoms with van der Waals surface area (Å²) in [7, 11) is -2.22. The van der Waals surface area contributed by atoms with Crippen molar-refractivity contribution in [3.63, 3.8) is 0 Å². The van der Waals surface area contributed by atoms with Gasteiger partial charge in [-0.05, 0) is 38.0 Å². The van der Waals surface area contributed by atoms with E-state index in [9.17, 15) is 12.8 Å². The quantitative estimate of drug-likeness (QED) is 0.782. The summed E-state index contributed by atoms with van der Waals surface area (Å²) < 4.78 is 45.4. The van der Waals surface area contributed by atoms with E-state index >= 15 is 0 Å². The van der Waals surface area contributed by atoms with E-state index in [0.29, 0.717) is 13.0 Å². The third-order valence-electron chi connectivity index (χ3n) is 3.46. The summed E-state index contributed by atoms with van der Waals surface area (Å²) in [6, 6.07) is 2.29. The smallest absolute Gasteiger partial charge is 0.243 e. The molecule has 0 bridgehead atoms. The van der Waals surface area contributed by atoms with Gasteiger partial charge in [0.25, 0.3) is 0 Å². The van der Waals surface area contributed by atoms with Crippen LogP contribution in [-0.2, 0) is 14.8 Å². The van der Waals surface area contributed by atoms with Crippen LogP contribution in [0.5, 0.6) is 0 Å². The van der Waals surface area contributed by atoms with Crippen molar-refractivity contribution < 1.29 is 17.5 Å². The van der Waals surface area contributed by atoms with E-state index in [1.165, 1.54) is 30.5 Å². The molecule has 0 amide bonds.